The number of benzene rings is 2. The van der Waals surface area contributed by atoms with Crippen LogP contribution in [0.2, 0.25) is 0 Å². The Morgan fingerprint density at radius 2 is 1.83 bits per heavy atom. The van der Waals surface area contributed by atoms with Gasteiger partial charge in [-0.2, -0.15) is 0 Å². The molecule has 23 heavy (non-hydrogen) atoms. The zero-order valence-electron chi connectivity index (χ0n) is 12.9. The standard InChI is InChI=1S/C18H18FNO3/c1-12-8-16-17(23-7-6-22-16)9-14(12)10-18(21)20-11-13-4-2-3-5-15(13)19/h2-5,8-9H,6-7,10-11H2,1H3,(H,20,21). The summed E-state index contributed by atoms with van der Waals surface area (Å²) in [5.41, 5.74) is 2.32. The van der Waals surface area contributed by atoms with E-state index in [1.165, 1.54) is 6.07 Å². The van der Waals surface area contributed by atoms with E-state index in [0.29, 0.717) is 30.3 Å². The first-order valence-corrected chi connectivity index (χ1v) is 7.52. The molecule has 1 aliphatic rings. The molecule has 0 saturated heterocycles. The van der Waals surface area contributed by atoms with Crippen molar-refractivity contribution in [2.24, 2.45) is 0 Å². The number of amides is 1. The zero-order valence-corrected chi connectivity index (χ0v) is 12.9. The van der Waals surface area contributed by atoms with Crippen molar-refractivity contribution in [2.45, 2.75) is 19.9 Å². The van der Waals surface area contributed by atoms with Gasteiger partial charge in [0.05, 0.1) is 6.42 Å². The van der Waals surface area contributed by atoms with Gasteiger partial charge >= 0.3 is 0 Å². The minimum atomic E-state index is -0.316. The minimum Gasteiger partial charge on any atom is -0.486 e. The van der Waals surface area contributed by atoms with Gasteiger partial charge in [-0.05, 0) is 36.2 Å². The third-order valence-electron chi connectivity index (χ3n) is 3.79. The van der Waals surface area contributed by atoms with Gasteiger partial charge in [0.2, 0.25) is 5.91 Å². The molecule has 1 N–H and O–H groups in total. The number of hydrogen-bond donors (Lipinski definition) is 1. The number of carbonyl (C=O) groups excluding carboxylic acids is 1. The molecule has 0 fully saturated rings. The molecule has 3 rings (SSSR count). The number of halogens is 1. The number of fused-ring (bicyclic) bond motifs is 1. The second-order valence-electron chi connectivity index (χ2n) is 5.47. The first kappa shape index (κ1) is 15.3. The van der Waals surface area contributed by atoms with Gasteiger partial charge in [-0.3, -0.25) is 4.79 Å². The number of ether oxygens (including phenoxy) is 2. The van der Waals surface area contributed by atoms with E-state index in [1.54, 1.807) is 18.2 Å². The maximum Gasteiger partial charge on any atom is 0.224 e. The van der Waals surface area contributed by atoms with Gasteiger partial charge in [-0.15, -0.1) is 0 Å². The Balaban J connectivity index is 1.65. The Bertz CT molecular complexity index is 730. The molecule has 0 unspecified atom stereocenters. The molecule has 2 aromatic carbocycles. The van der Waals surface area contributed by atoms with Crippen LogP contribution in [0.4, 0.5) is 4.39 Å². The summed E-state index contributed by atoms with van der Waals surface area (Å²) in [6.45, 7) is 3.15. The molecule has 2 aromatic rings. The Morgan fingerprint density at radius 1 is 1.13 bits per heavy atom. The lowest BCUT2D eigenvalue weighted by Gasteiger charge is -2.20. The molecule has 5 heteroatoms. The maximum absolute atomic E-state index is 13.5. The maximum atomic E-state index is 13.5. The Hall–Kier alpha value is -2.56. The molecule has 0 atom stereocenters. The molecule has 4 nitrogen and oxygen atoms in total. The first-order chi connectivity index (χ1) is 11.1. The first-order valence-electron chi connectivity index (χ1n) is 7.52. The summed E-state index contributed by atoms with van der Waals surface area (Å²) in [6.07, 6.45) is 0.219. The summed E-state index contributed by atoms with van der Waals surface area (Å²) in [5, 5.41) is 2.74. The average Bonchev–Trinajstić information content (AvgIpc) is 2.55. The number of aryl methyl sites for hydroxylation is 1. The lowest BCUT2D eigenvalue weighted by Crippen LogP contribution is -2.25. The van der Waals surface area contributed by atoms with Crippen molar-refractivity contribution in [3.05, 3.63) is 58.9 Å². The summed E-state index contributed by atoms with van der Waals surface area (Å²) >= 11 is 0. The third-order valence-corrected chi connectivity index (χ3v) is 3.79. The van der Waals surface area contributed by atoms with Gasteiger partial charge in [0.15, 0.2) is 11.5 Å². The Labute approximate surface area is 134 Å². The van der Waals surface area contributed by atoms with Gasteiger partial charge in [-0.25, -0.2) is 4.39 Å². The van der Waals surface area contributed by atoms with Crippen molar-refractivity contribution < 1.29 is 18.7 Å². The van der Waals surface area contributed by atoms with Crippen molar-refractivity contribution in [3.8, 4) is 11.5 Å². The van der Waals surface area contributed by atoms with Crippen LogP contribution in [0, 0.1) is 12.7 Å². The molecule has 0 aromatic heterocycles. The van der Waals surface area contributed by atoms with Gasteiger partial charge in [0, 0.05) is 12.1 Å². The molecule has 1 amide bonds. The largest absolute Gasteiger partial charge is 0.486 e. The Morgan fingerprint density at radius 3 is 2.57 bits per heavy atom. The molecule has 0 saturated carbocycles. The highest BCUT2D eigenvalue weighted by Crippen LogP contribution is 2.33. The van der Waals surface area contributed by atoms with Crippen molar-refractivity contribution in [1.29, 1.82) is 0 Å². The van der Waals surface area contributed by atoms with Crippen LogP contribution in [-0.4, -0.2) is 19.1 Å². The van der Waals surface area contributed by atoms with E-state index in [0.717, 1.165) is 11.1 Å². The van der Waals surface area contributed by atoms with Crippen LogP contribution < -0.4 is 14.8 Å². The smallest absolute Gasteiger partial charge is 0.224 e. The average molecular weight is 315 g/mol. The molecular formula is C18H18FNO3. The Kier molecular flexibility index (Phi) is 4.46. The summed E-state index contributed by atoms with van der Waals surface area (Å²) < 4.78 is 24.6. The topological polar surface area (TPSA) is 47.6 Å². The number of hydrogen-bond acceptors (Lipinski definition) is 3. The lowest BCUT2D eigenvalue weighted by atomic mass is 10.0. The van der Waals surface area contributed by atoms with E-state index in [1.807, 2.05) is 19.1 Å². The predicted molar refractivity (Wildman–Crippen MR) is 84.1 cm³/mol. The molecular weight excluding hydrogens is 297 g/mol. The van der Waals surface area contributed by atoms with E-state index in [9.17, 15) is 9.18 Å². The highest BCUT2D eigenvalue weighted by Gasteiger charge is 2.16. The van der Waals surface area contributed by atoms with E-state index in [4.69, 9.17) is 9.47 Å². The second-order valence-corrected chi connectivity index (χ2v) is 5.47. The van der Waals surface area contributed by atoms with Crippen LogP contribution in [0.5, 0.6) is 11.5 Å². The van der Waals surface area contributed by atoms with E-state index in [-0.39, 0.29) is 24.7 Å². The summed E-state index contributed by atoms with van der Waals surface area (Å²) in [6, 6.07) is 10.1. The van der Waals surface area contributed by atoms with Crippen LogP contribution in [0.15, 0.2) is 36.4 Å². The SMILES string of the molecule is Cc1cc2c(cc1CC(=O)NCc1ccccc1F)OCCO2. The lowest BCUT2D eigenvalue weighted by molar-refractivity contribution is -0.120. The fourth-order valence-electron chi connectivity index (χ4n) is 2.49. The van der Waals surface area contributed by atoms with Gasteiger partial charge in [0.25, 0.3) is 0 Å². The van der Waals surface area contributed by atoms with Gasteiger partial charge < -0.3 is 14.8 Å². The van der Waals surface area contributed by atoms with E-state index < -0.39 is 0 Å². The minimum absolute atomic E-state index is 0.159. The molecule has 1 aliphatic heterocycles. The highest BCUT2D eigenvalue weighted by molar-refractivity contribution is 5.79. The van der Waals surface area contributed by atoms with Crippen LogP contribution in [0.25, 0.3) is 0 Å². The van der Waals surface area contributed by atoms with Crippen molar-refractivity contribution in [1.82, 2.24) is 5.32 Å². The van der Waals surface area contributed by atoms with Crippen molar-refractivity contribution in [2.75, 3.05) is 13.2 Å². The van der Waals surface area contributed by atoms with Gasteiger partial charge in [0.1, 0.15) is 19.0 Å². The third kappa shape index (κ3) is 3.62. The molecule has 0 aliphatic carbocycles. The monoisotopic (exact) mass is 315 g/mol. The van der Waals surface area contributed by atoms with Crippen molar-refractivity contribution in [3.63, 3.8) is 0 Å². The molecule has 0 bridgehead atoms. The number of rotatable bonds is 4. The molecule has 1 heterocycles. The van der Waals surface area contributed by atoms with Crippen LogP contribution >= 0.6 is 0 Å². The van der Waals surface area contributed by atoms with Crippen LogP contribution in [-0.2, 0) is 17.8 Å². The molecule has 0 radical (unpaired) electrons. The molecule has 0 spiro atoms. The zero-order chi connectivity index (χ0) is 16.2. The predicted octanol–water partition coefficient (Wildman–Crippen LogP) is 2.76. The van der Waals surface area contributed by atoms with Crippen molar-refractivity contribution >= 4 is 5.91 Å². The molecule has 120 valence electrons. The fourth-order valence-corrected chi connectivity index (χ4v) is 2.49. The second kappa shape index (κ2) is 6.69. The van der Waals surface area contributed by atoms with Crippen LogP contribution in [0.3, 0.4) is 0 Å². The van der Waals surface area contributed by atoms with Gasteiger partial charge in [-0.1, -0.05) is 18.2 Å². The number of carbonyl (C=O) groups is 1. The summed E-state index contributed by atoms with van der Waals surface area (Å²) in [7, 11) is 0. The quantitative estimate of drug-likeness (QED) is 0.944. The van der Waals surface area contributed by atoms with E-state index in [2.05, 4.69) is 5.32 Å². The number of nitrogens with one attached hydrogen (secondary N) is 1. The van der Waals surface area contributed by atoms with E-state index >= 15 is 0 Å². The fraction of sp³-hybridized carbons (Fsp3) is 0.278. The van der Waals surface area contributed by atoms with Crippen LogP contribution in [0.1, 0.15) is 16.7 Å². The summed E-state index contributed by atoms with van der Waals surface area (Å²) in [4.78, 5) is 12.1. The summed E-state index contributed by atoms with van der Waals surface area (Å²) in [5.74, 6) is 0.902. The normalized spacial score (nSPS) is 12.8. The highest BCUT2D eigenvalue weighted by atomic mass is 19.1.